The van der Waals surface area contributed by atoms with E-state index in [4.69, 9.17) is 16.3 Å². The van der Waals surface area contributed by atoms with Gasteiger partial charge in [-0.2, -0.15) is 0 Å². The Hall–Kier alpha value is -3.89. The third-order valence-corrected chi connectivity index (χ3v) is 7.28. The average molecular weight is 607 g/mol. The SMILES string of the molecule is CC(=O)c1cn(CC(=O)N2C[C@H](F)C[C@H]2C(=O)NCc2cccc(Cl)c2F)c2cc(OC(=O)NCCP=O)ccc12. The van der Waals surface area contributed by atoms with Gasteiger partial charge < -0.3 is 24.8 Å². The van der Waals surface area contributed by atoms with Gasteiger partial charge in [-0.25, -0.2) is 13.6 Å². The molecule has 1 aromatic heterocycles. The van der Waals surface area contributed by atoms with Gasteiger partial charge in [0.1, 0.15) is 30.3 Å². The second-order valence-electron chi connectivity index (χ2n) is 9.40. The van der Waals surface area contributed by atoms with Gasteiger partial charge in [0.05, 0.1) is 17.1 Å². The fourth-order valence-corrected chi connectivity index (χ4v) is 5.02. The molecule has 2 atom stereocenters. The molecule has 216 valence electrons. The number of hydrogen-bond acceptors (Lipinski definition) is 6. The van der Waals surface area contributed by atoms with Gasteiger partial charge in [-0.3, -0.25) is 18.9 Å². The number of Topliss-reactive ketones (excluding diaryl/α,β-unsaturated/α-hetero) is 1. The molecule has 2 N–H and O–H groups in total. The van der Waals surface area contributed by atoms with Gasteiger partial charge in [0, 0.05) is 54.4 Å². The molecule has 1 aliphatic heterocycles. The van der Waals surface area contributed by atoms with Gasteiger partial charge in [-0.05, 0) is 25.1 Å². The second kappa shape index (κ2) is 13.2. The van der Waals surface area contributed by atoms with Crippen molar-refractivity contribution in [2.45, 2.75) is 38.6 Å². The van der Waals surface area contributed by atoms with Gasteiger partial charge in [-0.15, -0.1) is 0 Å². The van der Waals surface area contributed by atoms with Crippen molar-refractivity contribution in [1.29, 1.82) is 0 Å². The number of ether oxygens (including phenoxy) is 1. The van der Waals surface area contributed by atoms with Crippen molar-refractivity contribution in [1.82, 2.24) is 20.1 Å². The van der Waals surface area contributed by atoms with E-state index in [2.05, 4.69) is 10.6 Å². The van der Waals surface area contributed by atoms with E-state index >= 15 is 0 Å². The summed E-state index contributed by atoms with van der Waals surface area (Å²) in [6.07, 6.45) is -0.742. The van der Waals surface area contributed by atoms with E-state index in [1.165, 1.54) is 48.0 Å². The molecule has 1 saturated heterocycles. The van der Waals surface area contributed by atoms with Crippen LogP contribution in [0.3, 0.4) is 0 Å². The molecule has 1 fully saturated rings. The van der Waals surface area contributed by atoms with Crippen LogP contribution in [0.4, 0.5) is 13.6 Å². The van der Waals surface area contributed by atoms with Crippen LogP contribution in [-0.2, 0) is 27.2 Å². The van der Waals surface area contributed by atoms with E-state index in [1.807, 2.05) is 0 Å². The smallest absolute Gasteiger partial charge is 0.410 e. The molecular weight excluding hydrogens is 581 g/mol. The number of aromatic nitrogens is 1. The number of halogens is 3. The lowest BCUT2D eigenvalue weighted by molar-refractivity contribution is -0.139. The van der Waals surface area contributed by atoms with Gasteiger partial charge in [0.2, 0.25) is 11.8 Å². The average Bonchev–Trinajstić information content (AvgIpc) is 3.50. The van der Waals surface area contributed by atoms with Crippen molar-refractivity contribution < 1.29 is 37.3 Å². The van der Waals surface area contributed by atoms with Crippen LogP contribution < -0.4 is 15.4 Å². The van der Waals surface area contributed by atoms with Gasteiger partial charge in [0.25, 0.3) is 0 Å². The third-order valence-electron chi connectivity index (χ3n) is 6.58. The van der Waals surface area contributed by atoms with E-state index in [0.717, 1.165) is 4.90 Å². The number of hydrogen-bond donors (Lipinski definition) is 2. The first-order valence-electron chi connectivity index (χ1n) is 12.6. The van der Waals surface area contributed by atoms with Crippen molar-refractivity contribution in [2.24, 2.45) is 0 Å². The fourth-order valence-electron chi connectivity index (χ4n) is 4.62. The molecule has 3 amide bonds. The summed E-state index contributed by atoms with van der Waals surface area (Å²) in [7, 11) is -0.122. The lowest BCUT2D eigenvalue weighted by Gasteiger charge is -2.24. The van der Waals surface area contributed by atoms with Gasteiger partial charge in [0.15, 0.2) is 14.2 Å². The Labute approximate surface area is 240 Å². The summed E-state index contributed by atoms with van der Waals surface area (Å²) in [5.74, 6) is -2.03. The van der Waals surface area contributed by atoms with Crippen LogP contribution in [0.1, 0.15) is 29.3 Å². The maximum atomic E-state index is 14.4. The van der Waals surface area contributed by atoms with Crippen molar-refractivity contribution in [3.05, 3.63) is 64.6 Å². The molecule has 0 radical (unpaired) electrons. The highest BCUT2D eigenvalue weighted by Crippen LogP contribution is 2.28. The molecule has 3 aromatic rings. The van der Waals surface area contributed by atoms with Crippen LogP contribution in [-0.4, -0.2) is 64.6 Å². The van der Waals surface area contributed by atoms with E-state index < -0.39 is 35.9 Å². The summed E-state index contributed by atoms with van der Waals surface area (Å²) in [6.45, 7) is 0.669. The molecule has 1 aliphatic rings. The first-order chi connectivity index (χ1) is 19.6. The Kier molecular flexibility index (Phi) is 9.67. The standard InChI is InChI=1S/C27H26ClF2N4O6P/c1-15(35)20-13-33(22-10-18(5-6-19(20)22)40-27(38)31-7-8-41-39)14-24(36)34-12-17(29)9-23(34)26(37)32-11-16-3-2-4-21(28)25(16)30/h2-6,10,13,17,23H,7-9,11-12,14H2,1H3,(H,31,38)(H,32,37)/t17-,23+/m1/s1. The molecule has 2 heterocycles. The molecule has 0 bridgehead atoms. The number of carbonyl (C=O) groups excluding carboxylic acids is 4. The number of carbonyl (C=O) groups is 4. The molecule has 14 heteroatoms. The van der Waals surface area contributed by atoms with E-state index in [1.54, 1.807) is 6.07 Å². The Balaban J connectivity index is 1.52. The zero-order valence-electron chi connectivity index (χ0n) is 21.9. The molecule has 2 aromatic carbocycles. The molecule has 41 heavy (non-hydrogen) atoms. The summed E-state index contributed by atoms with van der Waals surface area (Å²) < 4.78 is 45.9. The Morgan fingerprint density at radius 1 is 1.17 bits per heavy atom. The Bertz CT molecular complexity index is 1520. The van der Waals surface area contributed by atoms with E-state index in [-0.39, 0.29) is 69.3 Å². The minimum absolute atomic E-state index is 0.102. The summed E-state index contributed by atoms with van der Waals surface area (Å²) in [4.78, 5) is 51.7. The van der Waals surface area contributed by atoms with Crippen LogP contribution in [0, 0.1) is 5.82 Å². The highest BCUT2D eigenvalue weighted by molar-refractivity contribution is 7.23. The minimum atomic E-state index is -1.44. The highest BCUT2D eigenvalue weighted by Gasteiger charge is 2.39. The monoisotopic (exact) mass is 606 g/mol. The predicted molar refractivity (Wildman–Crippen MR) is 147 cm³/mol. The number of likely N-dealkylation sites (tertiary alicyclic amines) is 1. The molecule has 4 rings (SSSR count). The van der Waals surface area contributed by atoms with Crippen molar-refractivity contribution in [3.63, 3.8) is 0 Å². The predicted octanol–water partition coefficient (Wildman–Crippen LogP) is 4.27. The van der Waals surface area contributed by atoms with Crippen LogP contribution >= 0.6 is 20.1 Å². The summed E-state index contributed by atoms with van der Waals surface area (Å²) >= 11 is 5.79. The number of nitrogens with zero attached hydrogens (tertiary/aromatic N) is 2. The Morgan fingerprint density at radius 3 is 2.68 bits per heavy atom. The maximum absolute atomic E-state index is 14.4. The zero-order chi connectivity index (χ0) is 29.7. The number of ketones is 1. The minimum Gasteiger partial charge on any atom is -0.410 e. The molecule has 10 nitrogen and oxygen atoms in total. The summed E-state index contributed by atoms with van der Waals surface area (Å²) in [6, 6.07) is 7.78. The molecule has 0 aliphatic carbocycles. The largest absolute Gasteiger partial charge is 0.412 e. The number of rotatable bonds is 10. The molecule has 0 unspecified atom stereocenters. The normalized spacial score (nSPS) is 16.6. The van der Waals surface area contributed by atoms with Gasteiger partial charge >= 0.3 is 6.09 Å². The van der Waals surface area contributed by atoms with Crippen LogP contribution in [0.5, 0.6) is 5.75 Å². The molecule has 0 saturated carbocycles. The van der Waals surface area contributed by atoms with E-state index in [9.17, 15) is 32.5 Å². The lowest BCUT2D eigenvalue weighted by Crippen LogP contribution is -2.46. The van der Waals surface area contributed by atoms with E-state index in [0.29, 0.717) is 16.5 Å². The first-order valence-corrected chi connectivity index (χ1v) is 14.0. The topological polar surface area (TPSA) is 127 Å². The Morgan fingerprint density at radius 2 is 1.95 bits per heavy atom. The number of amides is 3. The number of alkyl halides is 1. The number of fused-ring (bicyclic) bond motifs is 1. The number of benzene rings is 2. The van der Waals surface area contributed by atoms with Crippen LogP contribution in [0.2, 0.25) is 5.02 Å². The maximum Gasteiger partial charge on any atom is 0.412 e. The van der Waals surface area contributed by atoms with Crippen LogP contribution in [0.25, 0.3) is 10.9 Å². The number of nitrogens with one attached hydrogen (secondary N) is 2. The fraction of sp³-hybridized carbons (Fsp3) is 0.333. The van der Waals surface area contributed by atoms with Crippen molar-refractivity contribution in [2.75, 3.05) is 19.3 Å². The quantitative estimate of drug-likeness (QED) is 0.202. The second-order valence-corrected chi connectivity index (χ2v) is 10.5. The summed E-state index contributed by atoms with van der Waals surface area (Å²) in [5, 5.41) is 5.40. The molecule has 0 spiro atoms. The van der Waals surface area contributed by atoms with Crippen molar-refractivity contribution in [3.8, 4) is 5.75 Å². The third kappa shape index (κ3) is 7.07. The lowest BCUT2D eigenvalue weighted by atomic mass is 10.1. The molecular formula is C27H26ClF2N4O6P. The summed E-state index contributed by atoms with van der Waals surface area (Å²) in [5.41, 5.74) is 0.868. The zero-order valence-corrected chi connectivity index (χ0v) is 23.5. The van der Waals surface area contributed by atoms with Crippen molar-refractivity contribution >= 4 is 54.7 Å². The first kappa shape index (κ1) is 30.1. The highest BCUT2D eigenvalue weighted by atomic mass is 35.5. The van der Waals surface area contributed by atoms with Crippen LogP contribution in [0.15, 0.2) is 42.6 Å². The van der Waals surface area contributed by atoms with Gasteiger partial charge in [-0.1, -0.05) is 23.7 Å².